The predicted molar refractivity (Wildman–Crippen MR) is 69.9 cm³/mol. The first-order chi connectivity index (χ1) is 7.50. The maximum Gasteiger partial charge on any atom is 0.0349 e. The molecule has 1 aliphatic heterocycles. The standard InChI is InChI=1S/C15H23N/c1-9(2)15-14-11(4)6-10(3)7-13(14)12(5)8-16-15/h6-7,9,12,15-16H,8H2,1-5H3. The van der Waals surface area contributed by atoms with Crippen LogP contribution in [0.1, 0.15) is 55.0 Å². The molecule has 0 radical (unpaired) electrons. The molecule has 1 heteroatoms. The van der Waals surface area contributed by atoms with Crippen LogP contribution >= 0.6 is 0 Å². The van der Waals surface area contributed by atoms with Crippen molar-refractivity contribution < 1.29 is 0 Å². The fraction of sp³-hybridized carbons (Fsp3) is 0.600. The largest absolute Gasteiger partial charge is 0.309 e. The molecule has 0 bridgehead atoms. The number of benzene rings is 1. The Morgan fingerprint density at radius 3 is 2.56 bits per heavy atom. The summed E-state index contributed by atoms with van der Waals surface area (Å²) in [4.78, 5) is 0. The smallest absolute Gasteiger partial charge is 0.0349 e. The highest BCUT2D eigenvalue weighted by Crippen LogP contribution is 2.36. The Morgan fingerprint density at radius 1 is 1.25 bits per heavy atom. The third-order valence-corrected chi connectivity index (χ3v) is 3.72. The second-order valence-electron chi connectivity index (χ2n) is 5.62. The van der Waals surface area contributed by atoms with Gasteiger partial charge in [0.05, 0.1) is 0 Å². The normalized spacial score (nSPS) is 24.6. The summed E-state index contributed by atoms with van der Waals surface area (Å²) in [6.45, 7) is 12.5. The number of nitrogens with one attached hydrogen (secondary N) is 1. The van der Waals surface area contributed by atoms with E-state index in [0.717, 1.165) is 6.54 Å². The van der Waals surface area contributed by atoms with Crippen LogP contribution in [-0.2, 0) is 0 Å². The van der Waals surface area contributed by atoms with Gasteiger partial charge in [0.2, 0.25) is 0 Å². The van der Waals surface area contributed by atoms with Gasteiger partial charge in [-0.15, -0.1) is 0 Å². The van der Waals surface area contributed by atoms with Gasteiger partial charge in [-0.1, -0.05) is 38.5 Å². The average Bonchev–Trinajstić information content (AvgIpc) is 2.19. The molecule has 1 nitrogen and oxygen atoms in total. The van der Waals surface area contributed by atoms with Crippen LogP contribution in [0.2, 0.25) is 0 Å². The van der Waals surface area contributed by atoms with Crippen LogP contribution in [0.3, 0.4) is 0 Å². The van der Waals surface area contributed by atoms with Gasteiger partial charge in [0.1, 0.15) is 0 Å². The molecule has 1 aromatic rings. The number of aryl methyl sites for hydroxylation is 2. The molecule has 0 aliphatic carbocycles. The Balaban J connectivity index is 2.56. The molecule has 0 saturated heterocycles. The van der Waals surface area contributed by atoms with Crippen molar-refractivity contribution in [2.24, 2.45) is 5.92 Å². The lowest BCUT2D eigenvalue weighted by Crippen LogP contribution is -2.35. The summed E-state index contributed by atoms with van der Waals surface area (Å²) in [6, 6.07) is 5.23. The van der Waals surface area contributed by atoms with Crippen molar-refractivity contribution >= 4 is 0 Å². The molecule has 2 atom stereocenters. The van der Waals surface area contributed by atoms with E-state index in [-0.39, 0.29) is 0 Å². The van der Waals surface area contributed by atoms with Gasteiger partial charge in [-0.25, -0.2) is 0 Å². The third-order valence-electron chi connectivity index (χ3n) is 3.72. The molecular formula is C15H23N. The molecule has 0 saturated carbocycles. The number of rotatable bonds is 1. The SMILES string of the molecule is Cc1cc(C)c2c(c1)C(C)CNC2C(C)C. The first kappa shape index (κ1) is 11.7. The molecule has 0 aromatic heterocycles. The molecule has 2 rings (SSSR count). The summed E-state index contributed by atoms with van der Waals surface area (Å²) >= 11 is 0. The van der Waals surface area contributed by atoms with Gasteiger partial charge in [0, 0.05) is 12.6 Å². The van der Waals surface area contributed by atoms with Crippen molar-refractivity contribution in [3.05, 3.63) is 34.4 Å². The molecular weight excluding hydrogens is 194 g/mol. The molecule has 0 amide bonds. The van der Waals surface area contributed by atoms with Crippen LogP contribution in [0.15, 0.2) is 12.1 Å². The van der Waals surface area contributed by atoms with Crippen molar-refractivity contribution in [2.75, 3.05) is 6.54 Å². The molecule has 88 valence electrons. The summed E-state index contributed by atoms with van der Waals surface area (Å²) in [5.74, 6) is 1.30. The van der Waals surface area contributed by atoms with E-state index in [1.807, 2.05) is 0 Å². The first-order valence-electron chi connectivity index (χ1n) is 6.35. The molecule has 0 fully saturated rings. The van der Waals surface area contributed by atoms with E-state index in [1.165, 1.54) is 11.1 Å². The molecule has 1 N–H and O–H groups in total. The minimum Gasteiger partial charge on any atom is -0.309 e. The van der Waals surface area contributed by atoms with Crippen molar-refractivity contribution in [3.63, 3.8) is 0 Å². The van der Waals surface area contributed by atoms with E-state index in [9.17, 15) is 0 Å². The summed E-state index contributed by atoms with van der Waals surface area (Å²) in [7, 11) is 0. The Bertz CT molecular complexity index is 393. The van der Waals surface area contributed by atoms with Gasteiger partial charge in [0.25, 0.3) is 0 Å². The first-order valence-corrected chi connectivity index (χ1v) is 6.35. The summed E-state index contributed by atoms with van der Waals surface area (Å²) in [5, 5.41) is 3.68. The highest BCUT2D eigenvalue weighted by atomic mass is 14.9. The second-order valence-corrected chi connectivity index (χ2v) is 5.62. The van der Waals surface area contributed by atoms with Gasteiger partial charge in [-0.2, -0.15) is 0 Å². The van der Waals surface area contributed by atoms with E-state index >= 15 is 0 Å². The van der Waals surface area contributed by atoms with E-state index in [0.29, 0.717) is 17.9 Å². The number of hydrogen-bond donors (Lipinski definition) is 1. The minimum absolute atomic E-state index is 0.534. The maximum atomic E-state index is 3.68. The maximum absolute atomic E-state index is 3.68. The zero-order valence-electron chi connectivity index (χ0n) is 11.1. The predicted octanol–water partition coefficient (Wildman–Crippen LogP) is 3.71. The lowest BCUT2D eigenvalue weighted by Gasteiger charge is -2.35. The Labute approximate surface area is 99.3 Å². The van der Waals surface area contributed by atoms with Gasteiger partial charge in [0.15, 0.2) is 0 Å². The lowest BCUT2D eigenvalue weighted by atomic mass is 9.80. The molecule has 1 aliphatic rings. The van der Waals surface area contributed by atoms with Crippen molar-refractivity contribution in [1.29, 1.82) is 0 Å². The van der Waals surface area contributed by atoms with Crippen LogP contribution in [0, 0.1) is 19.8 Å². The fourth-order valence-electron chi connectivity index (χ4n) is 2.93. The van der Waals surface area contributed by atoms with Crippen LogP contribution in [0.5, 0.6) is 0 Å². The highest BCUT2D eigenvalue weighted by Gasteiger charge is 2.27. The van der Waals surface area contributed by atoms with E-state index in [1.54, 1.807) is 11.1 Å². The summed E-state index contributed by atoms with van der Waals surface area (Å²) in [5.41, 5.74) is 5.97. The van der Waals surface area contributed by atoms with Gasteiger partial charge in [-0.3, -0.25) is 0 Å². The van der Waals surface area contributed by atoms with E-state index < -0.39 is 0 Å². The lowest BCUT2D eigenvalue weighted by molar-refractivity contribution is 0.375. The van der Waals surface area contributed by atoms with Crippen molar-refractivity contribution in [1.82, 2.24) is 5.32 Å². The molecule has 1 heterocycles. The van der Waals surface area contributed by atoms with E-state index in [4.69, 9.17) is 0 Å². The average molecular weight is 217 g/mol. The molecule has 2 unspecified atom stereocenters. The summed E-state index contributed by atoms with van der Waals surface area (Å²) in [6.07, 6.45) is 0. The Morgan fingerprint density at radius 2 is 1.94 bits per heavy atom. The quantitative estimate of drug-likeness (QED) is 0.756. The van der Waals surface area contributed by atoms with Gasteiger partial charge < -0.3 is 5.32 Å². The van der Waals surface area contributed by atoms with Crippen molar-refractivity contribution in [3.8, 4) is 0 Å². The van der Waals surface area contributed by atoms with Crippen molar-refractivity contribution in [2.45, 2.75) is 46.6 Å². The van der Waals surface area contributed by atoms with Crippen LogP contribution in [-0.4, -0.2) is 6.54 Å². The zero-order chi connectivity index (χ0) is 11.9. The van der Waals surface area contributed by atoms with Crippen LogP contribution < -0.4 is 5.32 Å². The van der Waals surface area contributed by atoms with Gasteiger partial charge >= 0.3 is 0 Å². The number of hydrogen-bond acceptors (Lipinski definition) is 1. The fourth-order valence-corrected chi connectivity index (χ4v) is 2.93. The van der Waals surface area contributed by atoms with E-state index in [2.05, 4.69) is 52.1 Å². The highest BCUT2D eigenvalue weighted by molar-refractivity contribution is 5.44. The molecule has 0 spiro atoms. The van der Waals surface area contributed by atoms with Gasteiger partial charge in [-0.05, 0) is 42.4 Å². The number of fused-ring (bicyclic) bond motifs is 1. The van der Waals surface area contributed by atoms with Crippen LogP contribution in [0.4, 0.5) is 0 Å². The zero-order valence-corrected chi connectivity index (χ0v) is 11.1. The Hall–Kier alpha value is -0.820. The minimum atomic E-state index is 0.534. The second kappa shape index (κ2) is 4.21. The molecule has 16 heavy (non-hydrogen) atoms. The third kappa shape index (κ3) is 1.89. The van der Waals surface area contributed by atoms with Crippen LogP contribution in [0.25, 0.3) is 0 Å². The monoisotopic (exact) mass is 217 g/mol. The molecule has 1 aromatic carbocycles. The summed E-state index contributed by atoms with van der Waals surface area (Å²) < 4.78 is 0. The Kier molecular flexibility index (Phi) is 3.07. The topological polar surface area (TPSA) is 12.0 Å².